The minimum absolute atomic E-state index is 0.195. The summed E-state index contributed by atoms with van der Waals surface area (Å²) < 4.78 is 14.3. The molecule has 0 bridgehead atoms. The van der Waals surface area contributed by atoms with Crippen LogP contribution in [0.1, 0.15) is 33.1 Å². The summed E-state index contributed by atoms with van der Waals surface area (Å²) in [6.07, 6.45) is 3.18. The number of hydrogen-bond acceptors (Lipinski definition) is 1. The number of benzene rings is 1. The van der Waals surface area contributed by atoms with Crippen molar-refractivity contribution < 1.29 is 4.39 Å². The molecular weight excluding hydrogens is 257 g/mol. The van der Waals surface area contributed by atoms with E-state index in [9.17, 15) is 4.39 Å². The molecule has 0 aliphatic heterocycles. The van der Waals surface area contributed by atoms with E-state index in [2.05, 4.69) is 35.1 Å². The number of rotatable bonds is 5. The molecule has 0 aromatic heterocycles. The highest BCUT2D eigenvalue weighted by Crippen LogP contribution is 2.26. The molecule has 3 heteroatoms. The molecule has 0 spiro atoms. The van der Waals surface area contributed by atoms with Crippen LogP contribution in [0.2, 0.25) is 0 Å². The van der Waals surface area contributed by atoms with Gasteiger partial charge >= 0.3 is 0 Å². The first kappa shape index (κ1) is 12.5. The highest BCUT2D eigenvalue weighted by atomic mass is 79.9. The number of para-hydroxylation sites is 1. The van der Waals surface area contributed by atoms with Gasteiger partial charge in [0, 0.05) is 10.5 Å². The molecule has 1 aromatic rings. The van der Waals surface area contributed by atoms with Crippen LogP contribution in [0, 0.1) is 5.82 Å². The third kappa shape index (κ3) is 3.49. The topological polar surface area (TPSA) is 12.0 Å². The molecule has 0 fully saturated rings. The first-order valence-corrected chi connectivity index (χ1v) is 6.18. The van der Waals surface area contributed by atoms with Crippen molar-refractivity contribution >= 4 is 21.6 Å². The summed E-state index contributed by atoms with van der Waals surface area (Å²) >= 11 is 3.35. The Balaban J connectivity index is 2.78. The molecular formula is C12H17BrFN. The Hall–Kier alpha value is -0.570. The summed E-state index contributed by atoms with van der Waals surface area (Å²) in [7, 11) is 0. The van der Waals surface area contributed by atoms with E-state index in [4.69, 9.17) is 0 Å². The molecule has 0 heterocycles. The third-order valence-electron chi connectivity index (χ3n) is 2.44. The van der Waals surface area contributed by atoms with Crippen molar-refractivity contribution in [2.75, 3.05) is 5.32 Å². The number of anilines is 1. The van der Waals surface area contributed by atoms with Crippen LogP contribution in [0.3, 0.4) is 0 Å². The van der Waals surface area contributed by atoms with Crippen LogP contribution < -0.4 is 5.32 Å². The fourth-order valence-corrected chi connectivity index (χ4v) is 2.02. The molecule has 1 atom stereocenters. The van der Waals surface area contributed by atoms with Gasteiger partial charge < -0.3 is 5.32 Å². The van der Waals surface area contributed by atoms with E-state index in [0.717, 1.165) is 23.7 Å². The zero-order chi connectivity index (χ0) is 11.3. The Morgan fingerprint density at radius 1 is 1.40 bits per heavy atom. The zero-order valence-electron chi connectivity index (χ0n) is 9.19. The van der Waals surface area contributed by atoms with E-state index in [1.165, 1.54) is 6.07 Å². The van der Waals surface area contributed by atoms with Gasteiger partial charge in [-0.1, -0.05) is 26.3 Å². The van der Waals surface area contributed by atoms with E-state index in [-0.39, 0.29) is 5.82 Å². The smallest absolute Gasteiger partial charge is 0.147 e. The summed E-state index contributed by atoms with van der Waals surface area (Å²) in [6.45, 7) is 4.25. The second-order valence-corrected chi connectivity index (χ2v) is 4.49. The first-order chi connectivity index (χ1) is 7.19. The molecule has 84 valence electrons. The standard InChI is InChI=1S/C12H17BrFN/c1-3-6-9(4-2)15-12-10(13)7-5-8-11(12)14/h5,7-9,15H,3-4,6H2,1-2H3. The Morgan fingerprint density at radius 2 is 2.13 bits per heavy atom. The van der Waals surface area contributed by atoms with E-state index in [1.807, 2.05) is 6.07 Å². The van der Waals surface area contributed by atoms with Gasteiger partial charge in [-0.05, 0) is 40.9 Å². The molecule has 0 saturated heterocycles. The monoisotopic (exact) mass is 273 g/mol. The van der Waals surface area contributed by atoms with E-state index in [1.54, 1.807) is 6.07 Å². The highest BCUT2D eigenvalue weighted by molar-refractivity contribution is 9.10. The average Bonchev–Trinajstić information content (AvgIpc) is 2.22. The van der Waals surface area contributed by atoms with E-state index >= 15 is 0 Å². The first-order valence-electron chi connectivity index (χ1n) is 5.39. The Morgan fingerprint density at radius 3 is 2.67 bits per heavy atom. The van der Waals surface area contributed by atoms with Gasteiger partial charge in [0.25, 0.3) is 0 Å². The maximum absolute atomic E-state index is 13.5. The molecule has 0 aliphatic carbocycles. The van der Waals surface area contributed by atoms with Gasteiger partial charge in [-0.3, -0.25) is 0 Å². The van der Waals surface area contributed by atoms with Gasteiger partial charge in [0.15, 0.2) is 0 Å². The predicted molar refractivity (Wildman–Crippen MR) is 66.7 cm³/mol. The molecule has 1 unspecified atom stereocenters. The summed E-state index contributed by atoms with van der Waals surface area (Å²) in [5.74, 6) is -0.195. The average molecular weight is 274 g/mol. The Kier molecular flexibility index (Phi) is 5.09. The van der Waals surface area contributed by atoms with Crippen LogP contribution in [0.4, 0.5) is 10.1 Å². The molecule has 1 nitrogen and oxygen atoms in total. The lowest BCUT2D eigenvalue weighted by Crippen LogP contribution is -2.19. The van der Waals surface area contributed by atoms with Crippen molar-refractivity contribution in [2.45, 2.75) is 39.2 Å². The largest absolute Gasteiger partial charge is 0.379 e. The van der Waals surface area contributed by atoms with Gasteiger partial charge in [0.05, 0.1) is 5.69 Å². The fraction of sp³-hybridized carbons (Fsp3) is 0.500. The van der Waals surface area contributed by atoms with Crippen molar-refractivity contribution in [1.29, 1.82) is 0 Å². The van der Waals surface area contributed by atoms with Crippen LogP contribution in [0.5, 0.6) is 0 Å². The van der Waals surface area contributed by atoms with Crippen LogP contribution in [-0.2, 0) is 0 Å². The van der Waals surface area contributed by atoms with Crippen molar-refractivity contribution in [3.05, 3.63) is 28.5 Å². The maximum atomic E-state index is 13.5. The maximum Gasteiger partial charge on any atom is 0.147 e. The molecule has 1 aromatic carbocycles. The quantitative estimate of drug-likeness (QED) is 0.828. The second kappa shape index (κ2) is 6.11. The van der Waals surface area contributed by atoms with Gasteiger partial charge in [0.1, 0.15) is 5.82 Å². The summed E-state index contributed by atoms with van der Waals surface area (Å²) in [5, 5.41) is 3.24. The van der Waals surface area contributed by atoms with Crippen molar-refractivity contribution in [2.24, 2.45) is 0 Å². The minimum Gasteiger partial charge on any atom is -0.379 e. The van der Waals surface area contributed by atoms with Crippen molar-refractivity contribution in [3.8, 4) is 0 Å². The van der Waals surface area contributed by atoms with Crippen molar-refractivity contribution in [1.82, 2.24) is 0 Å². The summed E-state index contributed by atoms with van der Waals surface area (Å²) in [5.41, 5.74) is 0.581. The lowest BCUT2D eigenvalue weighted by atomic mass is 10.1. The molecule has 0 radical (unpaired) electrons. The van der Waals surface area contributed by atoms with E-state index in [0.29, 0.717) is 11.7 Å². The fourth-order valence-electron chi connectivity index (χ4n) is 1.57. The highest BCUT2D eigenvalue weighted by Gasteiger charge is 2.10. The molecule has 0 aliphatic rings. The molecule has 1 N–H and O–H groups in total. The summed E-state index contributed by atoms with van der Waals surface area (Å²) in [4.78, 5) is 0. The van der Waals surface area contributed by atoms with Gasteiger partial charge in [0.2, 0.25) is 0 Å². The number of nitrogens with one attached hydrogen (secondary N) is 1. The second-order valence-electron chi connectivity index (χ2n) is 3.63. The Bertz CT molecular complexity index is 294. The Labute approximate surface area is 99.2 Å². The third-order valence-corrected chi connectivity index (χ3v) is 3.10. The van der Waals surface area contributed by atoms with Crippen LogP contribution >= 0.6 is 15.9 Å². The summed E-state index contributed by atoms with van der Waals surface area (Å²) in [6, 6.07) is 5.38. The molecule has 0 amide bonds. The van der Waals surface area contributed by atoms with Crippen LogP contribution in [0.25, 0.3) is 0 Å². The lowest BCUT2D eigenvalue weighted by Gasteiger charge is -2.18. The van der Waals surface area contributed by atoms with E-state index < -0.39 is 0 Å². The van der Waals surface area contributed by atoms with Gasteiger partial charge in [-0.2, -0.15) is 0 Å². The van der Waals surface area contributed by atoms with Gasteiger partial charge in [-0.15, -0.1) is 0 Å². The minimum atomic E-state index is -0.195. The van der Waals surface area contributed by atoms with Crippen LogP contribution in [0.15, 0.2) is 22.7 Å². The number of hydrogen-bond donors (Lipinski definition) is 1. The molecule has 0 saturated carbocycles. The van der Waals surface area contributed by atoms with Crippen LogP contribution in [-0.4, -0.2) is 6.04 Å². The zero-order valence-corrected chi connectivity index (χ0v) is 10.8. The molecule has 15 heavy (non-hydrogen) atoms. The normalized spacial score (nSPS) is 12.5. The number of halogens is 2. The predicted octanol–water partition coefficient (Wildman–Crippen LogP) is 4.58. The lowest BCUT2D eigenvalue weighted by molar-refractivity contribution is 0.598. The van der Waals surface area contributed by atoms with Gasteiger partial charge in [-0.25, -0.2) is 4.39 Å². The SMILES string of the molecule is CCCC(CC)Nc1c(F)cccc1Br. The van der Waals surface area contributed by atoms with Crippen molar-refractivity contribution in [3.63, 3.8) is 0 Å². The molecule has 1 rings (SSSR count).